The molecule has 0 aliphatic rings. The molecule has 0 fully saturated rings. The van der Waals surface area contributed by atoms with E-state index in [-0.39, 0.29) is 17.9 Å². The van der Waals surface area contributed by atoms with E-state index in [1.165, 1.54) is 4.90 Å². The Bertz CT molecular complexity index is 371. The van der Waals surface area contributed by atoms with E-state index < -0.39 is 0 Å². The van der Waals surface area contributed by atoms with Crippen molar-refractivity contribution in [2.75, 3.05) is 0 Å². The fraction of sp³-hybridized carbons (Fsp3) is 0.385. The topological polar surface area (TPSA) is 37.4 Å². The Kier molecular flexibility index (Phi) is 4.23. The van der Waals surface area contributed by atoms with Crippen LogP contribution in [0, 0.1) is 0 Å². The third-order valence-electron chi connectivity index (χ3n) is 2.33. The second-order valence-corrected chi connectivity index (χ2v) is 3.88. The van der Waals surface area contributed by atoms with E-state index >= 15 is 0 Å². The summed E-state index contributed by atoms with van der Waals surface area (Å²) in [6.45, 7) is 5.44. The summed E-state index contributed by atoms with van der Waals surface area (Å²) in [5.74, 6) is -0.355. The van der Waals surface area contributed by atoms with Crippen LogP contribution in [0.1, 0.15) is 37.6 Å². The standard InChI is InChI=1S/C13H17NO2/c1-4-12(15)14(10(2)3)13(16)11-8-6-5-7-9-11/h5-10H,4H2,1-3H3. The van der Waals surface area contributed by atoms with Crippen LogP contribution in [0.2, 0.25) is 0 Å². The lowest BCUT2D eigenvalue weighted by molar-refractivity contribution is -0.129. The van der Waals surface area contributed by atoms with Gasteiger partial charge in [0, 0.05) is 18.0 Å². The summed E-state index contributed by atoms with van der Waals surface area (Å²) in [4.78, 5) is 25.1. The molecule has 3 nitrogen and oxygen atoms in total. The summed E-state index contributed by atoms with van der Waals surface area (Å²) in [6, 6.07) is 8.77. The van der Waals surface area contributed by atoms with Crippen molar-refractivity contribution in [1.82, 2.24) is 4.90 Å². The van der Waals surface area contributed by atoms with Gasteiger partial charge in [-0.3, -0.25) is 14.5 Å². The average molecular weight is 219 g/mol. The van der Waals surface area contributed by atoms with Crippen molar-refractivity contribution in [2.45, 2.75) is 33.2 Å². The van der Waals surface area contributed by atoms with Gasteiger partial charge in [-0.2, -0.15) is 0 Å². The van der Waals surface area contributed by atoms with Crippen molar-refractivity contribution >= 4 is 11.8 Å². The van der Waals surface area contributed by atoms with Crippen LogP contribution in [0.25, 0.3) is 0 Å². The summed E-state index contributed by atoms with van der Waals surface area (Å²) < 4.78 is 0. The highest BCUT2D eigenvalue weighted by Gasteiger charge is 2.23. The number of rotatable bonds is 3. The molecule has 2 amide bonds. The van der Waals surface area contributed by atoms with Crippen LogP contribution >= 0.6 is 0 Å². The van der Waals surface area contributed by atoms with E-state index in [0.29, 0.717) is 12.0 Å². The molecule has 16 heavy (non-hydrogen) atoms. The van der Waals surface area contributed by atoms with Gasteiger partial charge in [0.15, 0.2) is 0 Å². The molecule has 0 aliphatic heterocycles. The average Bonchev–Trinajstić information content (AvgIpc) is 2.29. The maximum absolute atomic E-state index is 12.1. The van der Waals surface area contributed by atoms with E-state index in [2.05, 4.69) is 0 Å². The third kappa shape index (κ3) is 2.69. The summed E-state index contributed by atoms with van der Waals surface area (Å²) in [5.41, 5.74) is 0.554. The number of hydrogen-bond acceptors (Lipinski definition) is 2. The minimum atomic E-state index is -0.220. The Morgan fingerprint density at radius 3 is 2.19 bits per heavy atom. The Hall–Kier alpha value is -1.64. The zero-order valence-corrected chi connectivity index (χ0v) is 9.93. The summed E-state index contributed by atoms with van der Waals surface area (Å²) in [7, 11) is 0. The van der Waals surface area contributed by atoms with Gasteiger partial charge >= 0.3 is 0 Å². The van der Waals surface area contributed by atoms with Crippen LogP contribution in [0.15, 0.2) is 30.3 Å². The highest BCUT2D eigenvalue weighted by molar-refractivity contribution is 6.04. The second-order valence-electron chi connectivity index (χ2n) is 3.88. The number of carbonyl (C=O) groups is 2. The largest absolute Gasteiger partial charge is 0.276 e. The normalized spacial score (nSPS) is 10.2. The van der Waals surface area contributed by atoms with Crippen molar-refractivity contribution in [1.29, 1.82) is 0 Å². The SMILES string of the molecule is CCC(=O)N(C(=O)c1ccccc1)C(C)C. The highest BCUT2D eigenvalue weighted by Crippen LogP contribution is 2.09. The Labute approximate surface area is 96.1 Å². The zero-order chi connectivity index (χ0) is 12.1. The molecule has 0 saturated carbocycles. The first-order valence-corrected chi connectivity index (χ1v) is 5.49. The molecule has 1 aromatic rings. The van der Waals surface area contributed by atoms with Crippen LogP contribution in [-0.2, 0) is 4.79 Å². The zero-order valence-electron chi connectivity index (χ0n) is 9.93. The van der Waals surface area contributed by atoms with Crippen molar-refractivity contribution in [3.05, 3.63) is 35.9 Å². The molecule has 0 N–H and O–H groups in total. The third-order valence-corrected chi connectivity index (χ3v) is 2.33. The summed E-state index contributed by atoms with van der Waals surface area (Å²) in [5, 5.41) is 0. The maximum Gasteiger partial charge on any atom is 0.260 e. The van der Waals surface area contributed by atoms with Crippen LogP contribution in [0.5, 0.6) is 0 Å². The Balaban J connectivity index is 2.97. The Morgan fingerprint density at radius 2 is 1.75 bits per heavy atom. The van der Waals surface area contributed by atoms with Gasteiger partial charge in [0.1, 0.15) is 0 Å². The van der Waals surface area contributed by atoms with E-state index in [4.69, 9.17) is 0 Å². The predicted molar refractivity (Wildman–Crippen MR) is 63.0 cm³/mol. The molecule has 0 bridgehead atoms. The molecule has 0 saturated heterocycles. The minimum absolute atomic E-state index is 0.111. The van der Waals surface area contributed by atoms with Gasteiger partial charge in [0.2, 0.25) is 5.91 Å². The first-order chi connectivity index (χ1) is 7.57. The Morgan fingerprint density at radius 1 is 1.19 bits per heavy atom. The van der Waals surface area contributed by atoms with Crippen molar-refractivity contribution < 1.29 is 9.59 Å². The lowest BCUT2D eigenvalue weighted by atomic mass is 10.1. The van der Waals surface area contributed by atoms with Gasteiger partial charge in [-0.1, -0.05) is 25.1 Å². The number of amides is 2. The van der Waals surface area contributed by atoms with E-state index in [0.717, 1.165) is 0 Å². The van der Waals surface area contributed by atoms with Crippen LogP contribution in [0.4, 0.5) is 0 Å². The number of hydrogen-bond donors (Lipinski definition) is 0. The molecular formula is C13H17NO2. The molecule has 0 heterocycles. The van der Waals surface area contributed by atoms with Crippen molar-refractivity contribution in [3.63, 3.8) is 0 Å². The van der Waals surface area contributed by atoms with Crippen LogP contribution in [0.3, 0.4) is 0 Å². The number of imide groups is 1. The number of carbonyl (C=O) groups excluding carboxylic acids is 2. The van der Waals surface area contributed by atoms with E-state index in [9.17, 15) is 9.59 Å². The fourth-order valence-corrected chi connectivity index (χ4v) is 1.53. The van der Waals surface area contributed by atoms with Gasteiger partial charge in [-0.05, 0) is 26.0 Å². The molecule has 1 aromatic carbocycles. The molecule has 0 aliphatic carbocycles. The van der Waals surface area contributed by atoms with Gasteiger partial charge in [-0.15, -0.1) is 0 Å². The van der Waals surface area contributed by atoms with E-state index in [1.807, 2.05) is 19.9 Å². The predicted octanol–water partition coefficient (Wildman–Crippen LogP) is 2.47. The number of benzene rings is 1. The molecular weight excluding hydrogens is 202 g/mol. The van der Waals surface area contributed by atoms with Gasteiger partial charge in [-0.25, -0.2) is 0 Å². The molecule has 1 rings (SSSR count). The fourth-order valence-electron chi connectivity index (χ4n) is 1.53. The minimum Gasteiger partial charge on any atom is -0.276 e. The van der Waals surface area contributed by atoms with Crippen LogP contribution < -0.4 is 0 Å². The molecule has 0 unspecified atom stereocenters. The molecule has 0 radical (unpaired) electrons. The summed E-state index contributed by atoms with van der Waals surface area (Å²) in [6.07, 6.45) is 0.344. The van der Waals surface area contributed by atoms with Gasteiger partial charge < -0.3 is 0 Å². The van der Waals surface area contributed by atoms with E-state index in [1.54, 1.807) is 31.2 Å². The van der Waals surface area contributed by atoms with Crippen molar-refractivity contribution in [3.8, 4) is 0 Å². The second kappa shape index (κ2) is 5.45. The molecule has 0 spiro atoms. The smallest absolute Gasteiger partial charge is 0.260 e. The first kappa shape index (κ1) is 12.4. The molecule has 86 valence electrons. The van der Waals surface area contributed by atoms with Crippen molar-refractivity contribution in [2.24, 2.45) is 0 Å². The quantitative estimate of drug-likeness (QED) is 0.783. The highest BCUT2D eigenvalue weighted by atomic mass is 16.2. The number of nitrogens with zero attached hydrogens (tertiary/aromatic N) is 1. The molecule has 0 atom stereocenters. The first-order valence-electron chi connectivity index (χ1n) is 5.49. The lowest BCUT2D eigenvalue weighted by Crippen LogP contribution is -2.41. The van der Waals surface area contributed by atoms with Crippen LogP contribution in [-0.4, -0.2) is 22.8 Å². The van der Waals surface area contributed by atoms with Gasteiger partial charge in [0.25, 0.3) is 5.91 Å². The van der Waals surface area contributed by atoms with Gasteiger partial charge in [0.05, 0.1) is 0 Å². The maximum atomic E-state index is 12.1. The molecule has 0 aromatic heterocycles. The lowest BCUT2D eigenvalue weighted by Gasteiger charge is -2.24. The monoisotopic (exact) mass is 219 g/mol. The molecule has 3 heteroatoms. The summed E-state index contributed by atoms with van der Waals surface area (Å²) >= 11 is 0.